The second kappa shape index (κ2) is 6.10. The van der Waals surface area contributed by atoms with Gasteiger partial charge in [-0.25, -0.2) is 9.97 Å². The quantitative estimate of drug-likeness (QED) is 0.822. The van der Waals surface area contributed by atoms with Crippen LogP contribution in [0.25, 0.3) is 0 Å². The van der Waals surface area contributed by atoms with Crippen molar-refractivity contribution in [3.8, 4) is 0 Å². The van der Waals surface area contributed by atoms with Crippen LogP contribution in [0.1, 0.15) is 16.2 Å². The Morgan fingerprint density at radius 1 is 1.47 bits per heavy atom. The first-order chi connectivity index (χ1) is 9.19. The van der Waals surface area contributed by atoms with E-state index in [0.717, 1.165) is 5.69 Å². The van der Waals surface area contributed by atoms with Crippen molar-refractivity contribution in [1.82, 2.24) is 15.3 Å². The Morgan fingerprint density at radius 3 is 3.05 bits per heavy atom. The van der Waals surface area contributed by atoms with Crippen LogP contribution in [0.5, 0.6) is 0 Å². The van der Waals surface area contributed by atoms with Gasteiger partial charge in [-0.15, -0.1) is 17.9 Å². The molecular formula is C13H14N4OS. The molecule has 6 heteroatoms. The molecule has 2 rings (SSSR count). The zero-order valence-electron chi connectivity index (χ0n) is 10.5. The third-order valence-corrected chi connectivity index (χ3v) is 3.02. The first kappa shape index (κ1) is 13.2. The van der Waals surface area contributed by atoms with Gasteiger partial charge < -0.3 is 10.6 Å². The molecule has 0 atom stereocenters. The normalized spacial score (nSPS) is 9.95. The molecule has 0 unspecified atom stereocenters. The molecule has 2 N–H and O–H groups in total. The summed E-state index contributed by atoms with van der Waals surface area (Å²) in [5.41, 5.74) is 1.31. The molecule has 0 bridgehead atoms. The highest BCUT2D eigenvalue weighted by Gasteiger charge is 2.09. The number of amides is 1. The number of pyridine rings is 1. The minimum Gasteiger partial charge on any atom is -0.347 e. The molecule has 0 fully saturated rings. The third kappa shape index (κ3) is 3.62. The van der Waals surface area contributed by atoms with Crippen molar-refractivity contribution in [2.75, 3.05) is 11.9 Å². The lowest BCUT2D eigenvalue weighted by atomic mass is 10.4. The highest BCUT2D eigenvalue weighted by molar-refractivity contribution is 7.14. The number of aryl methyl sites for hydroxylation is 1. The molecular weight excluding hydrogens is 260 g/mol. The molecule has 2 aromatic rings. The van der Waals surface area contributed by atoms with Crippen molar-refractivity contribution in [2.45, 2.75) is 6.92 Å². The van der Waals surface area contributed by atoms with Crippen LogP contribution in [-0.4, -0.2) is 22.4 Å². The van der Waals surface area contributed by atoms with Gasteiger partial charge in [0.1, 0.15) is 11.5 Å². The number of hydrogen-bond acceptors (Lipinski definition) is 5. The molecule has 0 aliphatic heterocycles. The van der Waals surface area contributed by atoms with Crippen molar-refractivity contribution in [3.05, 3.63) is 47.6 Å². The summed E-state index contributed by atoms with van der Waals surface area (Å²) >= 11 is 1.36. The summed E-state index contributed by atoms with van der Waals surface area (Å²) in [7, 11) is 0. The van der Waals surface area contributed by atoms with Gasteiger partial charge in [-0.2, -0.15) is 0 Å². The summed E-state index contributed by atoms with van der Waals surface area (Å²) in [5.74, 6) is 0.508. The Balaban J connectivity index is 2.05. The van der Waals surface area contributed by atoms with Crippen LogP contribution in [-0.2, 0) is 0 Å². The number of carbonyl (C=O) groups excluding carboxylic acids is 1. The molecule has 2 heterocycles. The van der Waals surface area contributed by atoms with Gasteiger partial charge in [-0.05, 0) is 19.1 Å². The van der Waals surface area contributed by atoms with Gasteiger partial charge in [-0.3, -0.25) is 4.79 Å². The third-order valence-electron chi connectivity index (χ3n) is 2.27. The lowest BCUT2D eigenvalue weighted by Gasteiger charge is -2.01. The summed E-state index contributed by atoms with van der Waals surface area (Å²) < 4.78 is 0. The Kier molecular flexibility index (Phi) is 4.25. The topological polar surface area (TPSA) is 66.9 Å². The number of carbonyl (C=O) groups is 1. The minimum absolute atomic E-state index is 0.207. The smallest absolute Gasteiger partial charge is 0.271 e. The van der Waals surface area contributed by atoms with E-state index >= 15 is 0 Å². The maximum absolute atomic E-state index is 11.7. The maximum Gasteiger partial charge on any atom is 0.271 e. The highest BCUT2D eigenvalue weighted by atomic mass is 32.1. The van der Waals surface area contributed by atoms with Gasteiger partial charge in [0.15, 0.2) is 5.13 Å². The molecule has 0 aliphatic carbocycles. The fourth-order valence-corrected chi connectivity index (χ4v) is 2.11. The number of anilines is 2. The molecule has 1 amide bonds. The van der Waals surface area contributed by atoms with Crippen LogP contribution < -0.4 is 10.6 Å². The summed E-state index contributed by atoms with van der Waals surface area (Å²) in [6.07, 6.45) is 1.63. The van der Waals surface area contributed by atoms with Gasteiger partial charge in [0.2, 0.25) is 0 Å². The van der Waals surface area contributed by atoms with Crippen molar-refractivity contribution >= 4 is 28.2 Å². The number of nitrogens with one attached hydrogen (secondary N) is 2. The predicted octanol–water partition coefficient (Wildman–Crippen LogP) is 2.51. The molecule has 0 aliphatic rings. The molecule has 0 saturated heterocycles. The molecule has 19 heavy (non-hydrogen) atoms. The Bertz CT molecular complexity index is 594. The highest BCUT2D eigenvalue weighted by Crippen LogP contribution is 2.19. The van der Waals surface area contributed by atoms with Crippen molar-refractivity contribution in [2.24, 2.45) is 0 Å². The molecule has 5 nitrogen and oxygen atoms in total. The van der Waals surface area contributed by atoms with Crippen LogP contribution in [0.15, 0.2) is 36.2 Å². The summed E-state index contributed by atoms with van der Waals surface area (Å²) in [6, 6.07) is 5.68. The van der Waals surface area contributed by atoms with Gasteiger partial charge in [-0.1, -0.05) is 12.1 Å². The van der Waals surface area contributed by atoms with E-state index in [-0.39, 0.29) is 5.91 Å². The lowest BCUT2D eigenvalue weighted by Crippen LogP contribution is -2.23. The van der Waals surface area contributed by atoms with Gasteiger partial charge >= 0.3 is 0 Å². The van der Waals surface area contributed by atoms with Crippen molar-refractivity contribution < 1.29 is 4.79 Å². The average Bonchev–Trinajstić information content (AvgIpc) is 2.84. The fourth-order valence-electron chi connectivity index (χ4n) is 1.41. The fraction of sp³-hybridized carbons (Fsp3) is 0.154. The first-order valence-corrected chi connectivity index (χ1v) is 6.62. The van der Waals surface area contributed by atoms with Crippen molar-refractivity contribution in [3.63, 3.8) is 0 Å². The van der Waals surface area contributed by atoms with Crippen LogP contribution in [0.3, 0.4) is 0 Å². The summed E-state index contributed by atoms with van der Waals surface area (Å²) in [6.45, 7) is 5.89. The number of nitrogens with zero attached hydrogens (tertiary/aromatic N) is 2. The van der Waals surface area contributed by atoms with Crippen LogP contribution in [0, 0.1) is 6.92 Å². The maximum atomic E-state index is 11.7. The molecule has 2 aromatic heterocycles. The number of rotatable bonds is 5. The van der Waals surface area contributed by atoms with E-state index in [1.807, 2.05) is 25.1 Å². The second-order valence-electron chi connectivity index (χ2n) is 3.83. The van der Waals surface area contributed by atoms with E-state index in [1.165, 1.54) is 11.3 Å². The largest absolute Gasteiger partial charge is 0.347 e. The zero-order chi connectivity index (χ0) is 13.7. The van der Waals surface area contributed by atoms with E-state index in [2.05, 4.69) is 27.2 Å². The number of aromatic nitrogens is 2. The standard InChI is InChI=1S/C13H14N4OS/c1-3-7-14-12(18)10-8-19-13(16-10)17-11-6-4-5-9(2)15-11/h3-6,8H,1,7H2,2H3,(H,14,18)(H,15,16,17). The van der Waals surface area contributed by atoms with Gasteiger partial charge in [0, 0.05) is 17.6 Å². The Labute approximate surface area is 115 Å². The molecule has 0 radical (unpaired) electrons. The lowest BCUT2D eigenvalue weighted by molar-refractivity contribution is 0.0954. The summed E-state index contributed by atoms with van der Waals surface area (Å²) in [4.78, 5) is 20.2. The van der Waals surface area contributed by atoms with E-state index in [1.54, 1.807) is 11.5 Å². The number of hydrogen-bond donors (Lipinski definition) is 2. The van der Waals surface area contributed by atoms with Crippen LogP contribution in [0.2, 0.25) is 0 Å². The van der Waals surface area contributed by atoms with Gasteiger partial charge in [0.25, 0.3) is 5.91 Å². The first-order valence-electron chi connectivity index (χ1n) is 5.74. The molecule has 98 valence electrons. The van der Waals surface area contributed by atoms with E-state index in [0.29, 0.717) is 23.2 Å². The average molecular weight is 274 g/mol. The monoisotopic (exact) mass is 274 g/mol. The minimum atomic E-state index is -0.207. The second-order valence-corrected chi connectivity index (χ2v) is 4.68. The molecule has 0 aromatic carbocycles. The SMILES string of the molecule is C=CCNC(=O)c1csc(Nc2cccc(C)n2)n1. The van der Waals surface area contributed by atoms with Crippen LogP contribution in [0.4, 0.5) is 10.9 Å². The van der Waals surface area contributed by atoms with Crippen LogP contribution >= 0.6 is 11.3 Å². The zero-order valence-corrected chi connectivity index (χ0v) is 11.3. The predicted molar refractivity (Wildman–Crippen MR) is 76.9 cm³/mol. The number of thiazole rings is 1. The summed E-state index contributed by atoms with van der Waals surface area (Å²) in [5, 5.41) is 8.10. The Hall–Kier alpha value is -2.21. The Morgan fingerprint density at radius 2 is 2.32 bits per heavy atom. The molecule has 0 saturated carbocycles. The van der Waals surface area contributed by atoms with E-state index < -0.39 is 0 Å². The van der Waals surface area contributed by atoms with E-state index in [9.17, 15) is 4.79 Å². The van der Waals surface area contributed by atoms with E-state index in [4.69, 9.17) is 0 Å². The van der Waals surface area contributed by atoms with Gasteiger partial charge in [0.05, 0.1) is 0 Å². The molecule has 0 spiro atoms. The van der Waals surface area contributed by atoms with Crippen molar-refractivity contribution in [1.29, 1.82) is 0 Å².